The summed E-state index contributed by atoms with van der Waals surface area (Å²) in [5.74, 6) is 0. The molecule has 0 radical (unpaired) electrons. The van der Waals surface area contributed by atoms with Crippen molar-refractivity contribution < 1.29 is 4.42 Å². The second-order valence-electron chi connectivity index (χ2n) is 16.9. The van der Waals surface area contributed by atoms with Gasteiger partial charge in [0.25, 0.3) is 0 Å². The second kappa shape index (κ2) is 13.4. The summed E-state index contributed by atoms with van der Waals surface area (Å²) < 4.78 is 14.1. The standard InChI is InChI=1S/C60H37N3O/c1-2-15-38(16-3-1)39-17-14-18-40(35-39)43-31-34-57(59-48-23-8-13-28-58(48)64-60(43)59)63-54-27-12-7-22-47(54)50-37-42(30-33-56(50)63)62-53-26-11-6-21-46(53)49-36-41(29-32-55(49)62)61-51-24-9-4-19-44(51)45-20-5-10-25-52(45)61/h1-37H. The molecule has 0 bridgehead atoms. The van der Waals surface area contributed by atoms with Gasteiger partial charge in [0.05, 0.1) is 44.2 Å². The van der Waals surface area contributed by atoms with Gasteiger partial charge in [-0.25, -0.2) is 0 Å². The summed E-state index contributed by atoms with van der Waals surface area (Å²) in [6, 6.07) is 81.4. The number of hydrogen-bond acceptors (Lipinski definition) is 1. The van der Waals surface area contributed by atoms with Gasteiger partial charge in [0.1, 0.15) is 11.2 Å². The molecule has 0 aliphatic carbocycles. The molecule has 64 heavy (non-hydrogen) atoms. The van der Waals surface area contributed by atoms with Crippen LogP contribution < -0.4 is 0 Å². The summed E-state index contributed by atoms with van der Waals surface area (Å²) in [5, 5.41) is 9.58. The van der Waals surface area contributed by atoms with Crippen LogP contribution in [0.3, 0.4) is 0 Å². The molecule has 0 aliphatic heterocycles. The van der Waals surface area contributed by atoms with Gasteiger partial charge in [-0.15, -0.1) is 0 Å². The van der Waals surface area contributed by atoms with Crippen molar-refractivity contribution in [1.82, 2.24) is 13.7 Å². The van der Waals surface area contributed by atoms with E-state index in [-0.39, 0.29) is 0 Å². The Morgan fingerprint density at radius 1 is 0.281 bits per heavy atom. The van der Waals surface area contributed by atoms with E-state index in [4.69, 9.17) is 4.42 Å². The third-order valence-electron chi connectivity index (χ3n) is 13.4. The van der Waals surface area contributed by atoms with Gasteiger partial charge < -0.3 is 18.1 Å². The number of benzene rings is 10. The lowest BCUT2D eigenvalue weighted by atomic mass is 9.97. The molecule has 298 valence electrons. The minimum atomic E-state index is 0.876. The maximum Gasteiger partial charge on any atom is 0.145 e. The molecular weight excluding hydrogens is 779 g/mol. The highest BCUT2D eigenvalue weighted by Crippen LogP contribution is 2.44. The van der Waals surface area contributed by atoms with Crippen molar-refractivity contribution in [2.45, 2.75) is 0 Å². The van der Waals surface area contributed by atoms with E-state index < -0.39 is 0 Å². The van der Waals surface area contributed by atoms with Gasteiger partial charge in [0, 0.05) is 54.6 Å². The molecule has 0 N–H and O–H groups in total. The van der Waals surface area contributed by atoms with E-state index >= 15 is 0 Å². The second-order valence-corrected chi connectivity index (χ2v) is 16.9. The van der Waals surface area contributed by atoms with Gasteiger partial charge in [-0.05, 0) is 102 Å². The molecule has 0 unspecified atom stereocenters. The Labute approximate surface area is 367 Å². The summed E-state index contributed by atoms with van der Waals surface area (Å²) in [6.07, 6.45) is 0. The van der Waals surface area contributed by atoms with E-state index in [0.29, 0.717) is 0 Å². The van der Waals surface area contributed by atoms with Gasteiger partial charge in [0.2, 0.25) is 0 Å². The number of aromatic nitrogens is 3. The van der Waals surface area contributed by atoms with E-state index in [9.17, 15) is 0 Å². The molecule has 14 rings (SSSR count). The maximum absolute atomic E-state index is 6.85. The Morgan fingerprint density at radius 2 is 0.734 bits per heavy atom. The molecule has 4 heteroatoms. The van der Waals surface area contributed by atoms with Crippen LogP contribution in [-0.4, -0.2) is 13.7 Å². The van der Waals surface area contributed by atoms with Crippen LogP contribution in [-0.2, 0) is 0 Å². The molecule has 0 aliphatic rings. The molecule has 0 spiro atoms. The molecule has 0 saturated carbocycles. The Morgan fingerprint density at radius 3 is 1.34 bits per heavy atom. The summed E-state index contributed by atoms with van der Waals surface area (Å²) in [7, 11) is 0. The molecule has 4 aromatic heterocycles. The van der Waals surface area contributed by atoms with Gasteiger partial charge in [-0.2, -0.15) is 0 Å². The van der Waals surface area contributed by atoms with Crippen molar-refractivity contribution in [3.63, 3.8) is 0 Å². The number of fused-ring (bicyclic) bond motifs is 12. The summed E-state index contributed by atoms with van der Waals surface area (Å²) in [4.78, 5) is 0. The molecule has 0 atom stereocenters. The zero-order chi connectivity index (χ0) is 41.9. The van der Waals surface area contributed by atoms with Crippen molar-refractivity contribution >= 4 is 87.4 Å². The van der Waals surface area contributed by atoms with Crippen LogP contribution in [0.5, 0.6) is 0 Å². The maximum atomic E-state index is 6.85. The molecule has 4 nitrogen and oxygen atoms in total. The number of furan rings is 1. The molecule has 0 amide bonds. The quantitative estimate of drug-likeness (QED) is 0.170. The van der Waals surface area contributed by atoms with Crippen LogP contribution >= 0.6 is 0 Å². The smallest absolute Gasteiger partial charge is 0.145 e. The first-order chi connectivity index (χ1) is 31.8. The highest BCUT2D eigenvalue weighted by atomic mass is 16.3. The average molecular weight is 816 g/mol. The monoisotopic (exact) mass is 815 g/mol. The van der Waals surface area contributed by atoms with E-state index in [1.165, 1.54) is 65.5 Å². The van der Waals surface area contributed by atoms with Crippen molar-refractivity contribution in [2.24, 2.45) is 0 Å². The first-order valence-electron chi connectivity index (χ1n) is 21.9. The van der Waals surface area contributed by atoms with Crippen LogP contribution in [0, 0.1) is 0 Å². The number of rotatable bonds is 5. The lowest BCUT2D eigenvalue weighted by Crippen LogP contribution is -1.97. The number of hydrogen-bond donors (Lipinski definition) is 0. The number of para-hydroxylation sites is 5. The van der Waals surface area contributed by atoms with Crippen molar-refractivity contribution in [3.05, 3.63) is 224 Å². The zero-order valence-corrected chi connectivity index (χ0v) is 34.6. The fourth-order valence-electron chi connectivity index (χ4n) is 10.7. The minimum absolute atomic E-state index is 0.876. The van der Waals surface area contributed by atoms with E-state index in [1.807, 2.05) is 0 Å². The predicted molar refractivity (Wildman–Crippen MR) is 268 cm³/mol. The van der Waals surface area contributed by atoms with E-state index in [0.717, 1.165) is 61.2 Å². The van der Waals surface area contributed by atoms with Gasteiger partial charge in [0.15, 0.2) is 0 Å². The first-order valence-corrected chi connectivity index (χ1v) is 21.9. The highest BCUT2D eigenvalue weighted by molar-refractivity contribution is 6.18. The van der Waals surface area contributed by atoms with Crippen LogP contribution in [0.2, 0.25) is 0 Å². The van der Waals surface area contributed by atoms with Crippen LogP contribution in [0.4, 0.5) is 0 Å². The van der Waals surface area contributed by atoms with Gasteiger partial charge >= 0.3 is 0 Å². The average Bonchev–Trinajstić information content (AvgIpc) is 4.11. The van der Waals surface area contributed by atoms with Crippen LogP contribution in [0.25, 0.3) is 127 Å². The summed E-state index contributed by atoms with van der Waals surface area (Å²) >= 11 is 0. The fraction of sp³-hybridized carbons (Fsp3) is 0. The Hall–Kier alpha value is -8.60. The SMILES string of the molecule is c1ccc(-c2cccc(-c3ccc(-n4c5ccccc5c5cc(-n6c7ccccc7c7cc(-n8c9ccccc9c9ccccc98)ccc76)ccc54)c4c3oc3ccccc34)c2)cc1. The largest absolute Gasteiger partial charge is 0.455 e. The van der Waals surface area contributed by atoms with Gasteiger partial charge in [-0.3, -0.25) is 0 Å². The fourth-order valence-corrected chi connectivity index (χ4v) is 10.7. The Balaban J connectivity index is 0.973. The third kappa shape index (κ3) is 4.99. The molecular formula is C60H37N3O. The first kappa shape index (κ1) is 35.0. The van der Waals surface area contributed by atoms with E-state index in [1.54, 1.807) is 0 Å². The minimum Gasteiger partial charge on any atom is -0.455 e. The topological polar surface area (TPSA) is 27.9 Å². The zero-order valence-electron chi connectivity index (χ0n) is 34.6. The molecule has 0 saturated heterocycles. The lowest BCUT2D eigenvalue weighted by Gasteiger charge is -2.13. The Kier molecular flexibility index (Phi) is 7.36. The van der Waals surface area contributed by atoms with Gasteiger partial charge in [-0.1, -0.05) is 140 Å². The third-order valence-corrected chi connectivity index (χ3v) is 13.4. The molecule has 14 aromatic rings. The Bertz CT molecular complexity index is 4140. The number of nitrogens with zero attached hydrogens (tertiary/aromatic N) is 3. The molecule has 10 aromatic carbocycles. The summed E-state index contributed by atoms with van der Waals surface area (Å²) in [5.41, 5.74) is 16.8. The molecule has 0 fully saturated rings. The highest BCUT2D eigenvalue weighted by Gasteiger charge is 2.22. The summed E-state index contributed by atoms with van der Waals surface area (Å²) in [6.45, 7) is 0. The molecule has 4 heterocycles. The van der Waals surface area contributed by atoms with Crippen molar-refractivity contribution in [3.8, 4) is 39.3 Å². The van der Waals surface area contributed by atoms with Crippen LogP contribution in [0.15, 0.2) is 229 Å². The predicted octanol–water partition coefficient (Wildman–Crippen LogP) is 16.2. The lowest BCUT2D eigenvalue weighted by molar-refractivity contribution is 0.670. The van der Waals surface area contributed by atoms with Crippen LogP contribution in [0.1, 0.15) is 0 Å². The van der Waals surface area contributed by atoms with Crippen molar-refractivity contribution in [2.75, 3.05) is 0 Å². The van der Waals surface area contributed by atoms with E-state index in [2.05, 4.69) is 238 Å². The van der Waals surface area contributed by atoms with Crippen molar-refractivity contribution in [1.29, 1.82) is 0 Å². The normalized spacial score (nSPS) is 12.1.